The minimum absolute atomic E-state index is 0.0346. The van der Waals surface area contributed by atoms with Crippen LogP contribution in [0.1, 0.15) is 20.3 Å². The fraction of sp³-hybridized carbons (Fsp3) is 0.364. The molecule has 5 nitrogen and oxygen atoms in total. The minimum atomic E-state index is -3.34. The normalized spacial score (nSPS) is 11.2. The van der Waals surface area contributed by atoms with Crippen molar-refractivity contribution in [3.05, 3.63) is 18.2 Å². The van der Waals surface area contributed by atoms with Gasteiger partial charge in [0.2, 0.25) is 5.91 Å². The quantitative estimate of drug-likeness (QED) is 0.801. The Labute approximate surface area is 100 Å². The molecule has 6 heteroatoms. The molecule has 2 N–H and O–H groups in total. The zero-order valence-corrected chi connectivity index (χ0v) is 10.5. The van der Waals surface area contributed by atoms with E-state index in [-0.39, 0.29) is 34.4 Å². The van der Waals surface area contributed by atoms with E-state index in [9.17, 15) is 18.3 Å². The van der Waals surface area contributed by atoms with Crippen molar-refractivity contribution in [3.8, 4) is 5.75 Å². The first-order chi connectivity index (χ1) is 7.90. The molecule has 1 aromatic carbocycles. The number of nitrogens with one attached hydrogen (secondary N) is 1. The van der Waals surface area contributed by atoms with Crippen molar-refractivity contribution in [2.45, 2.75) is 25.2 Å². The number of phenols is 1. The first-order valence-electron chi connectivity index (χ1n) is 5.26. The second-order valence-electron chi connectivity index (χ2n) is 3.48. The first kappa shape index (κ1) is 13.5. The molecule has 17 heavy (non-hydrogen) atoms. The van der Waals surface area contributed by atoms with Crippen LogP contribution in [-0.4, -0.2) is 25.2 Å². The number of carbonyl (C=O) groups is 1. The maximum Gasteiger partial charge on any atom is 0.224 e. The van der Waals surface area contributed by atoms with Gasteiger partial charge in [-0.1, -0.05) is 13.8 Å². The molecule has 0 atom stereocenters. The molecule has 0 fully saturated rings. The van der Waals surface area contributed by atoms with Crippen LogP contribution in [0.15, 0.2) is 23.1 Å². The van der Waals surface area contributed by atoms with Crippen LogP contribution < -0.4 is 5.32 Å². The van der Waals surface area contributed by atoms with Crippen LogP contribution in [0.4, 0.5) is 5.69 Å². The number of phenolic OH excluding ortho intramolecular Hbond substituents is 1. The highest BCUT2D eigenvalue weighted by Crippen LogP contribution is 2.26. The first-order valence-corrected chi connectivity index (χ1v) is 6.91. The van der Waals surface area contributed by atoms with Gasteiger partial charge < -0.3 is 10.4 Å². The molecule has 0 saturated heterocycles. The van der Waals surface area contributed by atoms with Crippen LogP contribution in [0.3, 0.4) is 0 Å². The fourth-order valence-corrected chi connectivity index (χ4v) is 2.12. The highest BCUT2D eigenvalue weighted by molar-refractivity contribution is 7.91. The molecule has 0 aliphatic carbocycles. The highest BCUT2D eigenvalue weighted by atomic mass is 32.2. The van der Waals surface area contributed by atoms with Crippen LogP contribution >= 0.6 is 0 Å². The molecule has 0 aromatic heterocycles. The van der Waals surface area contributed by atoms with Crippen LogP contribution in [0, 0.1) is 0 Å². The van der Waals surface area contributed by atoms with Gasteiger partial charge in [-0.2, -0.15) is 0 Å². The Morgan fingerprint density at radius 2 is 2.00 bits per heavy atom. The van der Waals surface area contributed by atoms with Crippen LogP contribution in [-0.2, 0) is 14.6 Å². The molecular formula is C11H15NO4S. The summed E-state index contributed by atoms with van der Waals surface area (Å²) in [5, 5.41) is 12.1. The number of anilines is 1. The topological polar surface area (TPSA) is 83.5 Å². The summed E-state index contributed by atoms with van der Waals surface area (Å²) in [5.74, 6) is -0.527. The second kappa shape index (κ2) is 5.18. The Kier molecular flexibility index (Phi) is 4.11. The number of aromatic hydroxyl groups is 1. The average Bonchev–Trinajstić information content (AvgIpc) is 2.31. The summed E-state index contributed by atoms with van der Waals surface area (Å²) >= 11 is 0. The number of benzene rings is 1. The Hall–Kier alpha value is -1.56. The van der Waals surface area contributed by atoms with E-state index in [2.05, 4.69) is 5.32 Å². The largest absolute Gasteiger partial charge is 0.506 e. The van der Waals surface area contributed by atoms with Crippen LogP contribution in [0.2, 0.25) is 0 Å². The zero-order valence-electron chi connectivity index (χ0n) is 9.73. The van der Waals surface area contributed by atoms with Crippen molar-refractivity contribution in [3.63, 3.8) is 0 Å². The Morgan fingerprint density at radius 1 is 1.35 bits per heavy atom. The predicted octanol–water partition coefficient (Wildman–Crippen LogP) is 1.53. The maximum absolute atomic E-state index is 11.5. The molecule has 0 aliphatic rings. The monoisotopic (exact) mass is 257 g/mol. The van der Waals surface area contributed by atoms with E-state index in [1.165, 1.54) is 19.1 Å². The molecule has 0 radical (unpaired) electrons. The fourth-order valence-electron chi connectivity index (χ4n) is 1.22. The van der Waals surface area contributed by atoms with Gasteiger partial charge in [0.05, 0.1) is 16.3 Å². The number of carbonyl (C=O) groups excluding carboxylic acids is 1. The number of hydrogen-bond acceptors (Lipinski definition) is 4. The molecular weight excluding hydrogens is 242 g/mol. The lowest BCUT2D eigenvalue weighted by molar-refractivity contribution is -0.115. The number of amides is 1. The smallest absolute Gasteiger partial charge is 0.224 e. The third kappa shape index (κ3) is 3.20. The van der Waals surface area contributed by atoms with Crippen molar-refractivity contribution >= 4 is 21.4 Å². The van der Waals surface area contributed by atoms with Crippen molar-refractivity contribution < 1.29 is 18.3 Å². The summed E-state index contributed by atoms with van der Waals surface area (Å²) in [4.78, 5) is 11.2. The van der Waals surface area contributed by atoms with Gasteiger partial charge in [0.1, 0.15) is 5.75 Å². The van der Waals surface area contributed by atoms with Gasteiger partial charge in [-0.3, -0.25) is 4.79 Å². The SMILES string of the molecule is CCC(=O)Nc1ccc(S(=O)(=O)CC)cc1O. The summed E-state index contributed by atoms with van der Waals surface area (Å²) in [6.07, 6.45) is 0.286. The van der Waals surface area contributed by atoms with Gasteiger partial charge in [-0.15, -0.1) is 0 Å². The van der Waals surface area contributed by atoms with E-state index in [1.807, 2.05) is 0 Å². The van der Waals surface area contributed by atoms with Crippen molar-refractivity contribution in [2.75, 3.05) is 11.1 Å². The third-order valence-electron chi connectivity index (χ3n) is 2.30. The summed E-state index contributed by atoms with van der Waals surface area (Å²) in [6.45, 7) is 3.21. The Balaban J connectivity index is 3.06. The van der Waals surface area contributed by atoms with Gasteiger partial charge in [0.15, 0.2) is 9.84 Å². The summed E-state index contributed by atoms with van der Waals surface area (Å²) < 4.78 is 23.1. The van der Waals surface area contributed by atoms with Gasteiger partial charge in [-0.25, -0.2) is 8.42 Å². The van der Waals surface area contributed by atoms with Gasteiger partial charge in [0, 0.05) is 12.5 Å². The summed E-state index contributed by atoms with van der Waals surface area (Å²) in [5.41, 5.74) is 0.215. The molecule has 0 unspecified atom stereocenters. The summed E-state index contributed by atoms with van der Waals surface area (Å²) in [6, 6.07) is 3.89. The lowest BCUT2D eigenvalue weighted by Crippen LogP contribution is -2.10. The van der Waals surface area contributed by atoms with Crippen molar-refractivity contribution in [1.82, 2.24) is 0 Å². The van der Waals surface area contributed by atoms with Gasteiger partial charge in [-0.05, 0) is 12.1 Å². The molecule has 1 rings (SSSR count). The third-order valence-corrected chi connectivity index (χ3v) is 4.04. The molecule has 0 spiro atoms. The molecule has 1 amide bonds. The van der Waals surface area contributed by atoms with Crippen molar-refractivity contribution in [1.29, 1.82) is 0 Å². The molecule has 0 heterocycles. The second-order valence-corrected chi connectivity index (χ2v) is 5.76. The van der Waals surface area contributed by atoms with E-state index in [0.717, 1.165) is 6.07 Å². The Bertz CT molecular complexity index is 522. The van der Waals surface area contributed by atoms with E-state index < -0.39 is 9.84 Å². The van der Waals surface area contributed by atoms with E-state index in [0.29, 0.717) is 0 Å². The van der Waals surface area contributed by atoms with Crippen LogP contribution in [0.25, 0.3) is 0 Å². The maximum atomic E-state index is 11.5. The van der Waals surface area contributed by atoms with E-state index in [4.69, 9.17) is 0 Å². The van der Waals surface area contributed by atoms with Gasteiger partial charge in [0.25, 0.3) is 0 Å². The molecule has 0 aliphatic heterocycles. The van der Waals surface area contributed by atoms with E-state index in [1.54, 1.807) is 6.92 Å². The number of hydrogen-bond donors (Lipinski definition) is 2. The minimum Gasteiger partial charge on any atom is -0.506 e. The predicted molar refractivity (Wildman–Crippen MR) is 64.8 cm³/mol. The van der Waals surface area contributed by atoms with E-state index >= 15 is 0 Å². The highest BCUT2D eigenvalue weighted by Gasteiger charge is 2.14. The van der Waals surface area contributed by atoms with Crippen LogP contribution in [0.5, 0.6) is 5.75 Å². The van der Waals surface area contributed by atoms with Crippen molar-refractivity contribution in [2.24, 2.45) is 0 Å². The number of sulfone groups is 1. The average molecular weight is 257 g/mol. The lowest BCUT2D eigenvalue weighted by Gasteiger charge is -2.08. The standard InChI is InChI=1S/C11H15NO4S/c1-3-11(14)12-9-6-5-8(7-10(9)13)17(15,16)4-2/h5-7,13H,3-4H2,1-2H3,(H,12,14). The Morgan fingerprint density at radius 3 is 2.47 bits per heavy atom. The molecule has 1 aromatic rings. The van der Waals surface area contributed by atoms with Gasteiger partial charge >= 0.3 is 0 Å². The lowest BCUT2D eigenvalue weighted by atomic mass is 10.3. The zero-order chi connectivity index (χ0) is 13.1. The number of rotatable bonds is 4. The molecule has 0 saturated carbocycles. The molecule has 94 valence electrons. The summed E-state index contributed by atoms with van der Waals surface area (Å²) in [7, 11) is -3.34. The molecule has 0 bridgehead atoms.